The molecule has 2 heteroatoms. The van der Waals surface area contributed by atoms with Crippen LogP contribution < -0.4 is 5.73 Å². The zero-order valence-corrected chi connectivity index (χ0v) is 20.8. The summed E-state index contributed by atoms with van der Waals surface area (Å²) in [7, 11) is 0. The molecule has 0 fully saturated rings. The van der Waals surface area contributed by atoms with E-state index in [-0.39, 0.29) is 6.04 Å². The van der Waals surface area contributed by atoms with E-state index >= 15 is 0 Å². The van der Waals surface area contributed by atoms with Crippen molar-refractivity contribution in [1.29, 1.82) is 0 Å². The van der Waals surface area contributed by atoms with Crippen LogP contribution in [0.25, 0.3) is 0 Å². The number of hydrogen-bond acceptors (Lipinski definition) is 2. The number of hydrogen-bond donors (Lipinski definition) is 1. The second-order valence-electron chi connectivity index (χ2n) is 9.80. The molecule has 0 radical (unpaired) electrons. The van der Waals surface area contributed by atoms with Crippen LogP contribution in [-0.2, 0) is 25.9 Å². The minimum absolute atomic E-state index is 0.140. The summed E-state index contributed by atoms with van der Waals surface area (Å²) < 4.78 is 0. The topological polar surface area (TPSA) is 29.3 Å². The average molecular weight is 463 g/mol. The predicted molar refractivity (Wildman–Crippen MR) is 148 cm³/mol. The van der Waals surface area contributed by atoms with E-state index in [9.17, 15) is 0 Å². The largest absolute Gasteiger partial charge is 0.327 e. The van der Waals surface area contributed by atoms with Crippen LogP contribution in [0.5, 0.6) is 0 Å². The summed E-state index contributed by atoms with van der Waals surface area (Å²) in [4.78, 5) is 2.66. The molecule has 0 aliphatic heterocycles. The second kappa shape index (κ2) is 13.0. The van der Waals surface area contributed by atoms with E-state index in [0.29, 0.717) is 12.0 Å². The SMILES string of the molecule is C[C@@H](C[C@@H](N)Cc1ccccc1)[C@H](Cc1ccccc1)N(Cc1ccccc1)Cc1ccccc1. The van der Waals surface area contributed by atoms with Crippen LogP contribution in [0.15, 0.2) is 121 Å². The van der Waals surface area contributed by atoms with Gasteiger partial charge in [0, 0.05) is 25.2 Å². The van der Waals surface area contributed by atoms with Crippen molar-refractivity contribution in [2.24, 2.45) is 11.7 Å². The Kier molecular flexibility index (Phi) is 9.28. The molecular weight excluding hydrogens is 424 g/mol. The van der Waals surface area contributed by atoms with E-state index in [1.165, 1.54) is 22.3 Å². The maximum Gasteiger partial charge on any atom is 0.0240 e. The van der Waals surface area contributed by atoms with Gasteiger partial charge in [0.05, 0.1) is 0 Å². The van der Waals surface area contributed by atoms with E-state index in [0.717, 1.165) is 32.4 Å². The summed E-state index contributed by atoms with van der Waals surface area (Å²) in [6, 6.07) is 43.8. The van der Waals surface area contributed by atoms with Gasteiger partial charge in [0.2, 0.25) is 0 Å². The Morgan fingerprint density at radius 1 is 0.543 bits per heavy atom. The first-order valence-corrected chi connectivity index (χ1v) is 12.8. The number of benzene rings is 4. The zero-order valence-electron chi connectivity index (χ0n) is 20.8. The molecule has 0 aromatic heterocycles. The third kappa shape index (κ3) is 7.92. The molecule has 4 aromatic rings. The molecule has 180 valence electrons. The van der Waals surface area contributed by atoms with Crippen LogP contribution in [0.2, 0.25) is 0 Å². The van der Waals surface area contributed by atoms with Crippen molar-refractivity contribution < 1.29 is 0 Å². The zero-order chi connectivity index (χ0) is 24.3. The van der Waals surface area contributed by atoms with Crippen molar-refractivity contribution in [2.75, 3.05) is 0 Å². The minimum atomic E-state index is 0.140. The van der Waals surface area contributed by atoms with Gasteiger partial charge in [0.15, 0.2) is 0 Å². The van der Waals surface area contributed by atoms with E-state index in [1.807, 2.05) is 0 Å². The van der Waals surface area contributed by atoms with Crippen molar-refractivity contribution in [3.8, 4) is 0 Å². The van der Waals surface area contributed by atoms with Gasteiger partial charge in [0.25, 0.3) is 0 Å². The van der Waals surface area contributed by atoms with E-state index in [1.54, 1.807) is 0 Å². The van der Waals surface area contributed by atoms with Gasteiger partial charge in [0.1, 0.15) is 0 Å². The molecule has 2 N–H and O–H groups in total. The first-order chi connectivity index (χ1) is 17.2. The summed E-state index contributed by atoms with van der Waals surface area (Å²) in [6.07, 6.45) is 2.92. The highest BCUT2D eigenvalue weighted by Gasteiger charge is 2.27. The molecular formula is C33H38N2. The van der Waals surface area contributed by atoms with Gasteiger partial charge in [-0.25, -0.2) is 0 Å². The molecule has 2 nitrogen and oxygen atoms in total. The molecule has 4 aromatic carbocycles. The molecule has 0 saturated carbocycles. The molecule has 0 aliphatic carbocycles. The van der Waals surface area contributed by atoms with Crippen LogP contribution in [0.1, 0.15) is 35.6 Å². The smallest absolute Gasteiger partial charge is 0.0240 e. The van der Waals surface area contributed by atoms with E-state index in [4.69, 9.17) is 5.73 Å². The Hall–Kier alpha value is -3.20. The highest BCUT2D eigenvalue weighted by Crippen LogP contribution is 2.25. The lowest BCUT2D eigenvalue weighted by Crippen LogP contribution is -2.42. The first kappa shape index (κ1) is 24.9. The predicted octanol–water partition coefficient (Wildman–Crippen LogP) is 6.90. The van der Waals surface area contributed by atoms with Crippen molar-refractivity contribution in [3.63, 3.8) is 0 Å². The maximum atomic E-state index is 6.72. The fourth-order valence-electron chi connectivity index (χ4n) is 5.11. The van der Waals surface area contributed by atoms with Crippen LogP contribution in [-0.4, -0.2) is 17.0 Å². The summed E-state index contributed by atoms with van der Waals surface area (Å²) in [5.74, 6) is 0.446. The molecule has 0 unspecified atom stereocenters. The van der Waals surface area contributed by atoms with Crippen molar-refractivity contribution in [1.82, 2.24) is 4.90 Å². The van der Waals surface area contributed by atoms with Crippen LogP contribution in [0, 0.1) is 5.92 Å². The minimum Gasteiger partial charge on any atom is -0.327 e. The highest BCUT2D eigenvalue weighted by molar-refractivity contribution is 5.20. The number of rotatable bonds is 12. The normalized spacial score (nSPS) is 13.9. The van der Waals surface area contributed by atoms with Gasteiger partial charge >= 0.3 is 0 Å². The number of nitrogens with two attached hydrogens (primary N) is 1. The van der Waals surface area contributed by atoms with Crippen molar-refractivity contribution in [2.45, 2.75) is 51.4 Å². The Morgan fingerprint density at radius 2 is 0.914 bits per heavy atom. The summed E-state index contributed by atoms with van der Waals surface area (Å²) >= 11 is 0. The lowest BCUT2D eigenvalue weighted by atomic mass is 9.86. The molecule has 0 aliphatic rings. The van der Waals surface area contributed by atoms with Gasteiger partial charge in [-0.15, -0.1) is 0 Å². The van der Waals surface area contributed by atoms with Gasteiger partial charge in [-0.2, -0.15) is 0 Å². The van der Waals surface area contributed by atoms with Crippen LogP contribution >= 0.6 is 0 Å². The fraction of sp³-hybridized carbons (Fsp3) is 0.273. The summed E-state index contributed by atoms with van der Waals surface area (Å²) in [5.41, 5.74) is 12.1. The van der Waals surface area contributed by atoms with Gasteiger partial charge < -0.3 is 5.73 Å². The maximum absolute atomic E-state index is 6.72. The quantitative estimate of drug-likeness (QED) is 0.248. The van der Waals surface area contributed by atoms with Gasteiger partial charge in [-0.3, -0.25) is 4.90 Å². The lowest BCUT2D eigenvalue weighted by Gasteiger charge is -2.37. The van der Waals surface area contributed by atoms with Crippen molar-refractivity contribution >= 4 is 0 Å². The van der Waals surface area contributed by atoms with Crippen molar-refractivity contribution in [3.05, 3.63) is 144 Å². The summed E-state index contributed by atoms with van der Waals surface area (Å²) in [5, 5.41) is 0. The summed E-state index contributed by atoms with van der Waals surface area (Å²) in [6.45, 7) is 4.23. The average Bonchev–Trinajstić information content (AvgIpc) is 2.89. The van der Waals surface area contributed by atoms with Crippen LogP contribution in [0.4, 0.5) is 0 Å². The number of nitrogens with zero attached hydrogens (tertiary/aromatic N) is 1. The first-order valence-electron chi connectivity index (χ1n) is 12.8. The lowest BCUT2D eigenvalue weighted by molar-refractivity contribution is 0.122. The molecule has 0 bridgehead atoms. The molecule has 0 amide bonds. The fourth-order valence-corrected chi connectivity index (χ4v) is 5.11. The molecule has 3 atom stereocenters. The van der Waals surface area contributed by atoms with E-state index in [2.05, 4.69) is 133 Å². The van der Waals surface area contributed by atoms with Gasteiger partial charge in [-0.1, -0.05) is 128 Å². The third-order valence-electron chi connectivity index (χ3n) is 6.89. The standard InChI is InChI=1S/C33H38N2/c1-27(22-32(34)23-28-14-6-2-7-15-28)33(24-29-16-8-3-9-17-29)35(25-30-18-10-4-11-19-30)26-31-20-12-5-13-21-31/h2-21,27,32-33H,22-26,34H2,1H3/t27-,32+,33-/m0/s1. The Bertz CT molecular complexity index is 1060. The van der Waals surface area contributed by atoms with E-state index < -0.39 is 0 Å². The highest BCUT2D eigenvalue weighted by atomic mass is 15.2. The molecule has 0 spiro atoms. The monoisotopic (exact) mass is 462 g/mol. The third-order valence-corrected chi connectivity index (χ3v) is 6.89. The van der Waals surface area contributed by atoms with Gasteiger partial charge in [-0.05, 0) is 47.4 Å². The Labute approximate surface area is 211 Å². The van der Waals surface area contributed by atoms with Crippen LogP contribution in [0.3, 0.4) is 0 Å². The Balaban J connectivity index is 1.58. The second-order valence-corrected chi connectivity index (χ2v) is 9.80. The molecule has 0 saturated heterocycles. The molecule has 0 heterocycles. The molecule has 4 rings (SSSR count). The molecule has 35 heavy (non-hydrogen) atoms. The Morgan fingerprint density at radius 3 is 1.34 bits per heavy atom.